The summed E-state index contributed by atoms with van der Waals surface area (Å²) in [6, 6.07) is 9.74. The zero-order chi connectivity index (χ0) is 18.9. The molecule has 1 aliphatic carbocycles. The van der Waals surface area contributed by atoms with Crippen molar-refractivity contribution in [3.8, 4) is 0 Å². The van der Waals surface area contributed by atoms with E-state index in [1.165, 1.54) is 19.3 Å². The molecule has 1 aromatic carbocycles. The highest BCUT2D eigenvalue weighted by atomic mass is 16.5. The SMILES string of the molecule is CCCCCC/C=C1\C(c2ccccc2)=C(C(=O)OCC)C(=O)CC1C. The first-order valence-corrected chi connectivity index (χ1v) is 9.80. The number of Topliss-reactive ketones (excluding diaryl/α,β-unsaturated/α-hetero) is 1. The number of unbranched alkanes of at least 4 members (excludes halogenated alkanes) is 4. The smallest absolute Gasteiger partial charge is 0.342 e. The van der Waals surface area contributed by atoms with E-state index in [-0.39, 0.29) is 23.9 Å². The van der Waals surface area contributed by atoms with Gasteiger partial charge in [-0.05, 0) is 36.8 Å². The Labute approximate surface area is 157 Å². The Balaban J connectivity index is 2.47. The summed E-state index contributed by atoms with van der Waals surface area (Å²) in [5, 5.41) is 0. The van der Waals surface area contributed by atoms with E-state index in [0.717, 1.165) is 29.6 Å². The minimum Gasteiger partial charge on any atom is -0.462 e. The van der Waals surface area contributed by atoms with Crippen LogP contribution in [0, 0.1) is 5.92 Å². The number of carbonyl (C=O) groups is 2. The molecule has 2 rings (SSSR count). The fourth-order valence-electron chi connectivity index (χ4n) is 3.49. The van der Waals surface area contributed by atoms with Gasteiger partial charge in [0, 0.05) is 12.0 Å². The molecule has 3 nitrogen and oxygen atoms in total. The van der Waals surface area contributed by atoms with E-state index in [4.69, 9.17) is 4.74 Å². The molecule has 0 amide bonds. The summed E-state index contributed by atoms with van der Waals surface area (Å²) >= 11 is 0. The van der Waals surface area contributed by atoms with Gasteiger partial charge in [-0.2, -0.15) is 0 Å². The van der Waals surface area contributed by atoms with Crippen LogP contribution in [-0.4, -0.2) is 18.4 Å². The number of benzene rings is 1. The van der Waals surface area contributed by atoms with Gasteiger partial charge in [0.15, 0.2) is 5.78 Å². The number of hydrogen-bond acceptors (Lipinski definition) is 3. The molecule has 0 aliphatic heterocycles. The Bertz CT molecular complexity index is 683. The lowest BCUT2D eigenvalue weighted by atomic mass is 9.76. The molecular formula is C23H30O3. The van der Waals surface area contributed by atoms with Gasteiger partial charge in [0.2, 0.25) is 0 Å². The van der Waals surface area contributed by atoms with E-state index < -0.39 is 5.97 Å². The zero-order valence-electron chi connectivity index (χ0n) is 16.2. The van der Waals surface area contributed by atoms with Crippen LogP contribution in [0.15, 0.2) is 47.6 Å². The molecule has 1 aromatic rings. The molecule has 0 saturated carbocycles. The summed E-state index contributed by atoms with van der Waals surface area (Å²) < 4.78 is 5.20. The Morgan fingerprint density at radius 2 is 1.88 bits per heavy atom. The van der Waals surface area contributed by atoms with Crippen LogP contribution in [0.5, 0.6) is 0 Å². The molecule has 0 radical (unpaired) electrons. The minimum atomic E-state index is -0.500. The van der Waals surface area contributed by atoms with Crippen LogP contribution in [0.2, 0.25) is 0 Å². The maximum atomic E-state index is 12.7. The summed E-state index contributed by atoms with van der Waals surface area (Å²) in [5.74, 6) is -0.500. The van der Waals surface area contributed by atoms with Crippen LogP contribution in [0.1, 0.15) is 64.9 Å². The van der Waals surface area contributed by atoms with Gasteiger partial charge in [-0.15, -0.1) is 0 Å². The van der Waals surface area contributed by atoms with Crippen LogP contribution >= 0.6 is 0 Å². The fraction of sp³-hybridized carbons (Fsp3) is 0.478. The molecule has 0 bridgehead atoms. The summed E-state index contributed by atoms with van der Waals surface area (Å²) in [6.45, 7) is 6.31. The van der Waals surface area contributed by atoms with Crippen molar-refractivity contribution < 1.29 is 14.3 Å². The highest BCUT2D eigenvalue weighted by Crippen LogP contribution is 2.39. The maximum absolute atomic E-state index is 12.7. The molecule has 0 heterocycles. The first-order valence-electron chi connectivity index (χ1n) is 9.80. The van der Waals surface area contributed by atoms with Crippen molar-refractivity contribution in [1.82, 2.24) is 0 Å². The van der Waals surface area contributed by atoms with Crippen LogP contribution in [0.25, 0.3) is 5.57 Å². The lowest BCUT2D eigenvalue weighted by molar-refractivity contribution is -0.140. The molecule has 1 aliphatic rings. The highest BCUT2D eigenvalue weighted by molar-refractivity contribution is 6.25. The molecule has 0 spiro atoms. The quantitative estimate of drug-likeness (QED) is 0.351. The van der Waals surface area contributed by atoms with Gasteiger partial charge < -0.3 is 4.74 Å². The Kier molecular flexibility index (Phi) is 7.83. The molecule has 140 valence electrons. The predicted molar refractivity (Wildman–Crippen MR) is 106 cm³/mol. The second kappa shape index (κ2) is 10.1. The first-order chi connectivity index (χ1) is 12.6. The van der Waals surface area contributed by atoms with E-state index in [1.807, 2.05) is 30.3 Å². The Morgan fingerprint density at radius 3 is 2.54 bits per heavy atom. The van der Waals surface area contributed by atoms with E-state index in [2.05, 4.69) is 19.9 Å². The number of allylic oxidation sites excluding steroid dienone is 3. The Hall–Kier alpha value is -2.16. The highest BCUT2D eigenvalue weighted by Gasteiger charge is 2.34. The third kappa shape index (κ3) is 4.94. The van der Waals surface area contributed by atoms with Crippen LogP contribution in [0.4, 0.5) is 0 Å². The number of carbonyl (C=O) groups excluding carboxylic acids is 2. The van der Waals surface area contributed by atoms with E-state index in [0.29, 0.717) is 6.42 Å². The summed E-state index contributed by atoms with van der Waals surface area (Å²) in [5.41, 5.74) is 3.00. The van der Waals surface area contributed by atoms with Crippen LogP contribution in [0.3, 0.4) is 0 Å². The third-order valence-electron chi connectivity index (χ3n) is 4.80. The molecular weight excluding hydrogens is 324 g/mol. The molecule has 3 heteroatoms. The van der Waals surface area contributed by atoms with Gasteiger partial charge in [0.25, 0.3) is 0 Å². The van der Waals surface area contributed by atoms with Gasteiger partial charge >= 0.3 is 5.97 Å². The summed E-state index contributed by atoms with van der Waals surface area (Å²) in [7, 11) is 0. The standard InChI is InChI=1S/C23H30O3/c1-4-6-7-8-12-15-19-17(3)16-20(24)22(23(25)26-5-2)21(19)18-13-10-9-11-14-18/h9-11,13-15,17H,4-8,12,16H2,1-3H3/b19-15-. The van der Waals surface area contributed by atoms with Crippen molar-refractivity contribution in [2.45, 2.75) is 59.3 Å². The third-order valence-corrected chi connectivity index (χ3v) is 4.80. The molecule has 1 atom stereocenters. The number of ether oxygens (including phenoxy) is 1. The second-order valence-electron chi connectivity index (χ2n) is 6.87. The van der Waals surface area contributed by atoms with Crippen molar-refractivity contribution in [1.29, 1.82) is 0 Å². The maximum Gasteiger partial charge on any atom is 0.342 e. The van der Waals surface area contributed by atoms with Gasteiger partial charge in [-0.25, -0.2) is 4.79 Å². The topological polar surface area (TPSA) is 43.4 Å². The van der Waals surface area contributed by atoms with Crippen molar-refractivity contribution in [2.24, 2.45) is 5.92 Å². The van der Waals surface area contributed by atoms with E-state index >= 15 is 0 Å². The number of ketones is 1. The average molecular weight is 354 g/mol. The normalized spacial score (nSPS) is 19.1. The Morgan fingerprint density at radius 1 is 1.15 bits per heavy atom. The molecule has 1 unspecified atom stereocenters. The number of rotatable bonds is 8. The summed E-state index contributed by atoms with van der Waals surface area (Å²) in [6.07, 6.45) is 8.37. The van der Waals surface area contributed by atoms with Gasteiger partial charge in [0.1, 0.15) is 5.57 Å². The number of esters is 1. The van der Waals surface area contributed by atoms with Crippen molar-refractivity contribution in [3.05, 3.63) is 53.1 Å². The van der Waals surface area contributed by atoms with E-state index in [9.17, 15) is 9.59 Å². The average Bonchev–Trinajstić information content (AvgIpc) is 2.63. The molecule has 26 heavy (non-hydrogen) atoms. The van der Waals surface area contributed by atoms with Crippen molar-refractivity contribution in [3.63, 3.8) is 0 Å². The lowest BCUT2D eigenvalue weighted by Gasteiger charge is -2.27. The molecule has 0 N–H and O–H groups in total. The lowest BCUT2D eigenvalue weighted by Crippen LogP contribution is -2.26. The van der Waals surface area contributed by atoms with E-state index in [1.54, 1.807) is 6.92 Å². The van der Waals surface area contributed by atoms with Gasteiger partial charge in [0.05, 0.1) is 6.61 Å². The molecule has 0 saturated heterocycles. The number of hydrogen-bond donors (Lipinski definition) is 0. The van der Waals surface area contributed by atoms with Crippen molar-refractivity contribution in [2.75, 3.05) is 6.61 Å². The molecule has 0 aromatic heterocycles. The van der Waals surface area contributed by atoms with Crippen LogP contribution in [-0.2, 0) is 14.3 Å². The minimum absolute atomic E-state index is 0.113. The van der Waals surface area contributed by atoms with Crippen molar-refractivity contribution >= 4 is 17.3 Å². The monoisotopic (exact) mass is 354 g/mol. The fourth-order valence-corrected chi connectivity index (χ4v) is 3.49. The first kappa shape index (κ1) is 20.2. The molecule has 0 fully saturated rings. The van der Waals surface area contributed by atoms with Gasteiger partial charge in [-0.1, -0.05) is 69.5 Å². The predicted octanol–water partition coefficient (Wildman–Crippen LogP) is 5.51. The van der Waals surface area contributed by atoms with Crippen LogP contribution < -0.4 is 0 Å². The zero-order valence-corrected chi connectivity index (χ0v) is 16.2. The largest absolute Gasteiger partial charge is 0.462 e. The second-order valence-corrected chi connectivity index (χ2v) is 6.87. The van der Waals surface area contributed by atoms with Gasteiger partial charge in [-0.3, -0.25) is 4.79 Å². The summed E-state index contributed by atoms with van der Waals surface area (Å²) in [4.78, 5) is 25.2.